The topological polar surface area (TPSA) is 9.23 Å². The molecule has 0 fully saturated rings. The standard InChI is InChI=1S/C14H10Br3FO/c1-19-13-5-2-8(6-11(13)16)14(17)10-7-9(15)3-4-12(10)18/h2-7,14H,1H3. The van der Waals surface area contributed by atoms with Gasteiger partial charge in [0.05, 0.1) is 16.4 Å². The van der Waals surface area contributed by atoms with Crippen LogP contribution in [-0.2, 0) is 0 Å². The molecule has 19 heavy (non-hydrogen) atoms. The number of hydrogen-bond acceptors (Lipinski definition) is 1. The normalized spacial score (nSPS) is 12.3. The van der Waals surface area contributed by atoms with Gasteiger partial charge in [0.25, 0.3) is 0 Å². The van der Waals surface area contributed by atoms with Crippen LogP contribution in [0, 0.1) is 5.82 Å². The molecule has 0 saturated heterocycles. The van der Waals surface area contributed by atoms with E-state index in [0.29, 0.717) is 5.56 Å². The fourth-order valence-corrected chi connectivity index (χ4v) is 3.30. The van der Waals surface area contributed by atoms with Crippen molar-refractivity contribution in [2.24, 2.45) is 0 Å². The monoisotopic (exact) mass is 450 g/mol. The molecule has 2 aromatic carbocycles. The smallest absolute Gasteiger partial charge is 0.133 e. The summed E-state index contributed by atoms with van der Waals surface area (Å²) in [4.78, 5) is -0.216. The fourth-order valence-electron chi connectivity index (χ4n) is 1.73. The lowest BCUT2D eigenvalue weighted by Gasteiger charge is -2.14. The van der Waals surface area contributed by atoms with Gasteiger partial charge in [-0.3, -0.25) is 0 Å². The Bertz CT molecular complexity index is 601. The van der Waals surface area contributed by atoms with E-state index in [1.165, 1.54) is 6.07 Å². The molecule has 2 aromatic rings. The van der Waals surface area contributed by atoms with E-state index in [9.17, 15) is 4.39 Å². The van der Waals surface area contributed by atoms with Crippen molar-refractivity contribution in [3.8, 4) is 5.75 Å². The quantitative estimate of drug-likeness (QED) is 0.531. The molecule has 0 bridgehead atoms. The Labute approximate surface area is 136 Å². The summed E-state index contributed by atoms with van der Waals surface area (Å²) in [7, 11) is 1.61. The molecule has 0 saturated carbocycles. The first-order valence-corrected chi connectivity index (χ1v) is 7.95. The van der Waals surface area contributed by atoms with Crippen LogP contribution in [0.25, 0.3) is 0 Å². The Hall–Kier alpha value is -0.390. The molecule has 1 unspecified atom stereocenters. The van der Waals surface area contributed by atoms with Crippen molar-refractivity contribution in [3.05, 3.63) is 62.3 Å². The Morgan fingerprint density at radius 2 is 1.84 bits per heavy atom. The van der Waals surface area contributed by atoms with Crippen LogP contribution in [0.1, 0.15) is 16.0 Å². The zero-order valence-corrected chi connectivity index (χ0v) is 14.7. The summed E-state index contributed by atoms with van der Waals surface area (Å²) in [5, 5.41) is 0. The third-order valence-corrected chi connectivity index (χ3v) is 4.83. The van der Waals surface area contributed by atoms with Gasteiger partial charge < -0.3 is 4.74 Å². The average Bonchev–Trinajstić information content (AvgIpc) is 2.40. The van der Waals surface area contributed by atoms with E-state index < -0.39 is 0 Å². The molecule has 0 heterocycles. The van der Waals surface area contributed by atoms with Crippen LogP contribution in [0.3, 0.4) is 0 Å². The zero-order valence-electron chi connectivity index (χ0n) is 9.96. The minimum absolute atomic E-state index is 0.216. The Kier molecular flexibility index (Phi) is 5.03. The van der Waals surface area contributed by atoms with E-state index in [1.807, 2.05) is 18.2 Å². The summed E-state index contributed by atoms with van der Waals surface area (Å²) in [6.07, 6.45) is 0. The predicted octanol–water partition coefficient (Wildman–Crippen LogP) is 5.84. The first-order valence-electron chi connectivity index (χ1n) is 5.45. The fraction of sp³-hybridized carbons (Fsp3) is 0.143. The number of methoxy groups -OCH3 is 1. The van der Waals surface area contributed by atoms with Gasteiger partial charge in [-0.15, -0.1) is 0 Å². The van der Waals surface area contributed by atoms with Gasteiger partial charge in [0.1, 0.15) is 11.6 Å². The second-order valence-corrected chi connectivity index (χ2v) is 6.61. The number of benzene rings is 2. The van der Waals surface area contributed by atoms with Gasteiger partial charge in [0.2, 0.25) is 0 Å². The van der Waals surface area contributed by atoms with Gasteiger partial charge in [-0.1, -0.05) is 37.9 Å². The van der Waals surface area contributed by atoms with Gasteiger partial charge in [0, 0.05) is 10.0 Å². The van der Waals surface area contributed by atoms with E-state index in [-0.39, 0.29) is 10.6 Å². The van der Waals surface area contributed by atoms with Crippen molar-refractivity contribution < 1.29 is 9.13 Å². The van der Waals surface area contributed by atoms with Crippen LogP contribution in [-0.4, -0.2) is 7.11 Å². The molecule has 0 amide bonds. The summed E-state index contributed by atoms with van der Waals surface area (Å²) in [5.41, 5.74) is 1.54. The number of hydrogen-bond donors (Lipinski definition) is 0. The lowest BCUT2D eigenvalue weighted by Crippen LogP contribution is -1.97. The first-order chi connectivity index (χ1) is 9.02. The molecule has 0 aliphatic heterocycles. The SMILES string of the molecule is COc1ccc(C(Br)c2cc(Br)ccc2F)cc1Br. The van der Waals surface area contributed by atoms with Crippen molar-refractivity contribution in [2.75, 3.05) is 7.11 Å². The number of ether oxygens (including phenoxy) is 1. The third kappa shape index (κ3) is 3.38. The van der Waals surface area contributed by atoms with Crippen molar-refractivity contribution >= 4 is 47.8 Å². The van der Waals surface area contributed by atoms with Crippen molar-refractivity contribution in [1.82, 2.24) is 0 Å². The van der Waals surface area contributed by atoms with E-state index in [0.717, 1.165) is 20.3 Å². The molecule has 0 aliphatic rings. The van der Waals surface area contributed by atoms with Crippen LogP contribution >= 0.6 is 47.8 Å². The first kappa shape index (κ1) is 15.0. The van der Waals surface area contributed by atoms with Crippen LogP contribution in [0.4, 0.5) is 4.39 Å². The molecule has 1 nitrogen and oxygen atoms in total. The van der Waals surface area contributed by atoms with Gasteiger partial charge in [-0.25, -0.2) is 4.39 Å². The second kappa shape index (κ2) is 6.37. The number of rotatable bonds is 3. The molecule has 1 atom stereocenters. The number of alkyl halides is 1. The highest BCUT2D eigenvalue weighted by Gasteiger charge is 2.16. The zero-order chi connectivity index (χ0) is 14.0. The summed E-state index contributed by atoms with van der Waals surface area (Å²) < 4.78 is 20.7. The molecular formula is C14H10Br3FO. The van der Waals surface area contributed by atoms with Gasteiger partial charge in [0.15, 0.2) is 0 Å². The van der Waals surface area contributed by atoms with E-state index >= 15 is 0 Å². The average molecular weight is 453 g/mol. The van der Waals surface area contributed by atoms with Crippen LogP contribution in [0.15, 0.2) is 45.3 Å². The molecule has 100 valence electrons. The maximum Gasteiger partial charge on any atom is 0.133 e. The molecule has 5 heteroatoms. The molecule has 0 aliphatic carbocycles. The summed E-state index contributed by atoms with van der Waals surface area (Å²) in [6, 6.07) is 10.6. The van der Waals surface area contributed by atoms with Crippen LogP contribution in [0.5, 0.6) is 5.75 Å². The third-order valence-electron chi connectivity index (χ3n) is 2.70. The summed E-state index contributed by atoms with van der Waals surface area (Å²) in [6.45, 7) is 0. The molecular weight excluding hydrogens is 443 g/mol. The van der Waals surface area contributed by atoms with E-state index in [1.54, 1.807) is 19.2 Å². The highest BCUT2D eigenvalue weighted by molar-refractivity contribution is 9.11. The summed E-state index contributed by atoms with van der Waals surface area (Å²) in [5.74, 6) is 0.509. The Balaban J connectivity index is 2.41. The Morgan fingerprint density at radius 3 is 2.47 bits per heavy atom. The largest absolute Gasteiger partial charge is 0.496 e. The Morgan fingerprint density at radius 1 is 1.11 bits per heavy atom. The minimum atomic E-state index is -0.239. The van der Waals surface area contributed by atoms with Crippen LogP contribution in [0.2, 0.25) is 0 Å². The van der Waals surface area contributed by atoms with Crippen LogP contribution < -0.4 is 4.74 Å². The predicted molar refractivity (Wildman–Crippen MR) is 85.6 cm³/mol. The lowest BCUT2D eigenvalue weighted by atomic mass is 10.0. The van der Waals surface area contributed by atoms with E-state index in [4.69, 9.17) is 4.74 Å². The number of halogens is 4. The van der Waals surface area contributed by atoms with Gasteiger partial charge >= 0.3 is 0 Å². The molecule has 0 spiro atoms. The molecule has 0 radical (unpaired) electrons. The van der Waals surface area contributed by atoms with Crippen molar-refractivity contribution in [2.45, 2.75) is 4.83 Å². The lowest BCUT2D eigenvalue weighted by molar-refractivity contribution is 0.412. The van der Waals surface area contributed by atoms with Crippen molar-refractivity contribution in [1.29, 1.82) is 0 Å². The molecule has 2 rings (SSSR count). The van der Waals surface area contributed by atoms with Gasteiger partial charge in [-0.2, -0.15) is 0 Å². The van der Waals surface area contributed by atoms with Crippen molar-refractivity contribution in [3.63, 3.8) is 0 Å². The summed E-state index contributed by atoms with van der Waals surface area (Å²) >= 11 is 10.3. The van der Waals surface area contributed by atoms with E-state index in [2.05, 4.69) is 47.8 Å². The molecule has 0 N–H and O–H groups in total. The highest BCUT2D eigenvalue weighted by Crippen LogP contribution is 2.37. The maximum atomic E-state index is 13.9. The molecule has 0 aromatic heterocycles. The highest BCUT2D eigenvalue weighted by atomic mass is 79.9. The second-order valence-electron chi connectivity index (χ2n) is 3.92. The maximum absolute atomic E-state index is 13.9. The minimum Gasteiger partial charge on any atom is -0.496 e. The van der Waals surface area contributed by atoms with Gasteiger partial charge in [-0.05, 0) is 51.8 Å².